The largest absolute Gasteiger partial charge is 0.496 e. The lowest BCUT2D eigenvalue weighted by molar-refractivity contribution is 0.0794. The zero-order valence-electron chi connectivity index (χ0n) is 12.6. The molecule has 112 valence electrons. The molecule has 1 fully saturated rings. The molecule has 1 aliphatic heterocycles. The van der Waals surface area contributed by atoms with Gasteiger partial charge in [0.25, 0.3) is 5.91 Å². The predicted octanol–water partition coefficient (Wildman–Crippen LogP) is 3.49. The van der Waals surface area contributed by atoms with E-state index in [0.29, 0.717) is 0 Å². The number of hydrogen-bond acceptors (Lipinski definition) is 2. The van der Waals surface area contributed by atoms with E-state index in [0.717, 1.165) is 58.3 Å². The van der Waals surface area contributed by atoms with E-state index in [9.17, 15) is 4.79 Å². The number of carbonyl (C=O) groups is 1. The lowest BCUT2D eigenvalue weighted by Crippen LogP contribution is -2.28. The molecule has 21 heavy (non-hydrogen) atoms. The van der Waals surface area contributed by atoms with Crippen molar-refractivity contribution in [3.63, 3.8) is 0 Å². The van der Waals surface area contributed by atoms with Crippen LogP contribution in [0.2, 0.25) is 0 Å². The van der Waals surface area contributed by atoms with Crippen molar-refractivity contribution in [1.29, 1.82) is 0 Å². The first-order valence-corrected chi connectivity index (χ1v) is 7.95. The summed E-state index contributed by atoms with van der Waals surface area (Å²) in [5.41, 5.74) is 2.85. The molecule has 1 saturated heterocycles. The van der Waals surface area contributed by atoms with Gasteiger partial charge in [0.1, 0.15) is 5.75 Å². The number of hydrogen-bond donors (Lipinski definition) is 0. The number of halogens is 1. The summed E-state index contributed by atoms with van der Waals surface area (Å²) in [6, 6.07) is 3.97. The Balaban J connectivity index is 2.21. The molecule has 1 aromatic heterocycles. The Hall–Kier alpha value is -1.49. The molecule has 0 aliphatic carbocycles. The Morgan fingerprint density at radius 3 is 2.57 bits per heavy atom. The molecule has 4 nitrogen and oxygen atoms in total. The molecule has 0 atom stereocenters. The number of nitrogens with zero attached hydrogens (tertiary/aromatic N) is 2. The number of likely N-dealkylation sites (tertiary alicyclic amines) is 1. The number of rotatable bonds is 2. The minimum atomic E-state index is 0.139. The third kappa shape index (κ3) is 2.24. The van der Waals surface area contributed by atoms with Crippen LogP contribution in [0.4, 0.5) is 0 Å². The smallest absolute Gasteiger partial charge is 0.256 e. The van der Waals surface area contributed by atoms with Crippen molar-refractivity contribution in [3.8, 4) is 5.75 Å². The maximum absolute atomic E-state index is 12.8. The quantitative estimate of drug-likeness (QED) is 0.830. The predicted molar refractivity (Wildman–Crippen MR) is 87.0 cm³/mol. The van der Waals surface area contributed by atoms with Gasteiger partial charge >= 0.3 is 0 Å². The molecule has 0 N–H and O–H groups in total. The zero-order valence-corrected chi connectivity index (χ0v) is 14.2. The maximum atomic E-state index is 12.8. The maximum Gasteiger partial charge on any atom is 0.256 e. The zero-order chi connectivity index (χ0) is 15.1. The number of benzene rings is 1. The van der Waals surface area contributed by atoms with E-state index in [1.165, 1.54) is 0 Å². The van der Waals surface area contributed by atoms with Crippen molar-refractivity contribution in [2.24, 2.45) is 7.05 Å². The summed E-state index contributed by atoms with van der Waals surface area (Å²) in [4.78, 5) is 14.8. The van der Waals surface area contributed by atoms with Crippen molar-refractivity contribution < 1.29 is 9.53 Å². The normalized spacial score (nSPS) is 15.0. The van der Waals surface area contributed by atoms with E-state index in [1.807, 2.05) is 31.0 Å². The second-order valence-electron chi connectivity index (χ2n) is 5.52. The molecule has 0 saturated carbocycles. The van der Waals surface area contributed by atoms with Gasteiger partial charge in [0.15, 0.2) is 0 Å². The summed E-state index contributed by atoms with van der Waals surface area (Å²) >= 11 is 3.52. The lowest BCUT2D eigenvalue weighted by Gasteiger charge is -2.15. The standard InChI is InChI=1S/C16H19BrN2O2/c1-10-15(16(20)19-6-4-5-7-19)11-8-14(21-3)12(17)9-13(11)18(10)2/h8-9H,4-7H2,1-3H3. The van der Waals surface area contributed by atoms with Crippen molar-refractivity contribution in [2.45, 2.75) is 19.8 Å². The van der Waals surface area contributed by atoms with Gasteiger partial charge < -0.3 is 14.2 Å². The van der Waals surface area contributed by atoms with E-state index in [1.54, 1.807) is 7.11 Å². The van der Waals surface area contributed by atoms with Crippen LogP contribution in [0.1, 0.15) is 28.9 Å². The Morgan fingerprint density at radius 2 is 1.95 bits per heavy atom. The highest BCUT2D eigenvalue weighted by molar-refractivity contribution is 9.10. The van der Waals surface area contributed by atoms with Gasteiger partial charge in [-0.1, -0.05) is 0 Å². The van der Waals surface area contributed by atoms with Crippen molar-refractivity contribution in [3.05, 3.63) is 27.9 Å². The van der Waals surface area contributed by atoms with Crippen LogP contribution in [-0.2, 0) is 7.05 Å². The van der Waals surface area contributed by atoms with Crippen LogP contribution in [0, 0.1) is 6.92 Å². The number of aromatic nitrogens is 1. The molecule has 5 heteroatoms. The summed E-state index contributed by atoms with van der Waals surface area (Å²) < 4.78 is 8.35. The highest BCUT2D eigenvalue weighted by Gasteiger charge is 2.26. The van der Waals surface area contributed by atoms with Crippen LogP contribution in [0.25, 0.3) is 10.9 Å². The summed E-state index contributed by atoms with van der Waals surface area (Å²) in [6.45, 7) is 3.73. The van der Waals surface area contributed by atoms with E-state index in [4.69, 9.17) is 4.74 Å². The molecule has 0 radical (unpaired) electrons. The van der Waals surface area contributed by atoms with Crippen LogP contribution >= 0.6 is 15.9 Å². The van der Waals surface area contributed by atoms with Crippen LogP contribution in [-0.4, -0.2) is 35.6 Å². The first-order chi connectivity index (χ1) is 10.0. The fourth-order valence-electron chi connectivity index (χ4n) is 3.07. The fraction of sp³-hybridized carbons (Fsp3) is 0.438. The average molecular weight is 351 g/mol. The third-order valence-electron chi connectivity index (χ3n) is 4.37. The van der Waals surface area contributed by atoms with Crippen LogP contribution in [0.5, 0.6) is 5.75 Å². The van der Waals surface area contributed by atoms with E-state index < -0.39 is 0 Å². The number of ether oxygens (including phenoxy) is 1. The highest BCUT2D eigenvalue weighted by Crippen LogP contribution is 2.35. The van der Waals surface area contributed by atoms with Crippen molar-refractivity contribution in [1.82, 2.24) is 9.47 Å². The number of methoxy groups -OCH3 is 1. The van der Waals surface area contributed by atoms with Gasteiger partial charge in [0.2, 0.25) is 0 Å². The minimum absolute atomic E-state index is 0.139. The average Bonchev–Trinajstić information content (AvgIpc) is 3.08. The topological polar surface area (TPSA) is 34.5 Å². The second kappa shape index (κ2) is 5.37. The summed E-state index contributed by atoms with van der Waals surface area (Å²) in [7, 11) is 3.64. The van der Waals surface area contributed by atoms with Gasteiger partial charge in [-0.05, 0) is 47.8 Å². The van der Waals surface area contributed by atoms with Gasteiger partial charge in [0, 0.05) is 31.2 Å². The first-order valence-electron chi connectivity index (χ1n) is 7.16. The van der Waals surface area contributed by atoms with E-state index >= 15 is 0 Å². The van der Waals surface area contributed by atoms with Gasteiger partial charge in [-0.25, -0.2) is 0 Å². The summed E-state index contributed by atoms with van der Waals surface area (Å²) in [5.74, 6) is 0.892. The molecule has 0 unspecified atom stereocenters. The van der Waals surface area contributed by atoms with Gasteiger partial charge in [-0.2, -0.15) is 0 Å². The molecular formula is C16H19BrN2O2. The van der Waals surface area contributed by atoms with Gasteiger partial charge in [0.05, 0.1) is 22.7 Å². The fourth-order valence-corrected chi connectivity index (χ4v) is 3.56. The number of amides is 1. The Bertz CT molecular complexity index is 715. The number of aryl methyl sites for hydroxylation is 1. The Kier molecular flexibility index (Phi) is 3.69. The van der Waals surface area contributed by atoms with Gasteiger partial charge in [-0.3, -0.25) is 4.79 Å². The molecule has 2 aromatic rings. The Labute approximate surface area is 132 Å². The molecule has 1 aliphatic rings. The van der Waals surface area contributed by atoms with Crippen LogP contribution in [0.3, 0.4) is 0 Å². The SMILES string of the molecule is COc1cc2c(C(=O)N3CCCC3)c(C)n(C)c2cc1Br. The van der Waals surface area contributed by atoms with E-state index in [-0.39, 0.29) is 5.91 Å². The number of fused-ring (bicyclic) bond motifs is 1. The van der Waals surface area contributed by atoms with E-state index in [2.05, 4.69) is 20.5 Å². The molecule has 1 aromatic carbocycles. The van der Waals surface area contributed by atoms with Crippen LogP contribution < -0.4 is 4.74 Å². The first kappa shape index (κ1) is 14.4. The molecule has 3 rings (SSSR count). The summed E-state index contributed by atoms with van der Waals surface area (Å²) in [6.07, 6.45) is 2.20. The second-order valence-corrected chi connectivity index (χ2v) is 6.38. The number of carbonyl (C=O) groups excluding carboxylic acids is 1. The molecular weight excluding hydrogens is 332 g/mol. The minimum Gasteiger partial charge on any atom is -0.496 e. The molecule has 1 amide bonds. The van der Waals surface area contributed by atoms with Crippen LogP contribution in [0.15, 0.2) is 16.6 Å². The molecule has 0 bridgehead atoms. The molecule has 2 heterocycles. The Morgan fingerprint density at radius 1 is 1.29 bits per heavy atom. The van der Waals surface area contributed by atoms with Crippen molar-refractivity contribution in [2.75, 3.05) is 20.2 Å². The van der Waals surface area contributed by atoms with Gasteiger partial charge in [-0.15, -0.1) is 0 Å². The monoisotopic (exact) mass is 350 g/mol. The third-order valence-corrected chi connectivity index (χ3v) is 4.99. The van der Waals surface area contributed by atoms with Crippen molar-refractivity contribution >= 4 is 32.7 Å². The molecule has 0 spiro atoms. The lowest BCUT2D eigenvalue weighted by atomic mass is 10.1. The highest BCUT2D eigenvalue weighted by atomic mass is 79.9. The summed E-state index contributed by atoms with van der Waals surface area (Å²) in [5, 5.41) is 0.965.